The van der Waals surface area contributed by atoms with Crippen LogP contribution in [-0.2, 0) is 4.74 Å². The number of hydrazine groups is 1. The maximum atomic E-state index is 5.44. The summed E-state index contributed by atoms with van der Waals surface area (Å²) in [5, 5.41) is 0. The van der Waals surface area contributed by atoms with Crippen molar-refractivity contribution in [1.82, 2.24) is 5.43 Å². The van der Waals surface area contributed by atoms with Crippen LogP contribution in [-0.4, -0.2) is 18.8 Å². The highest BCUT2D eigenvalue weighted by atomic mass is 16.5. The highest BCUT2D eigenvalue weighted by molar-refractivity contribution is 5.02. The van der Waals surface area contributed by atoms with Crippen LogP contribution in [0.1, 0.15) is 19.3 Å². The summed E-state index contributed by atoms with van der Waals surface area (Å²) in [4.78, 5) is 0. The molecule has 1 aliphatic rings. The molecule has 1 aliphatic heterocycles. The van der Waals surface area contributed by atoms with Gasteiger partial charge in [0.2, 0.25) is 0 Å². The van der Waals surface area contributed by atoms with Gasteiger partial charge < -0.3 is 4.74 Å². The number of terminal acetylenes is 1. The molecule has 11 heavy (non-hydrogen) atoms. The van der Waals surface area contributed by atoms with Crippen molar-refractivity contribution >= 4 is 0 Å². The lowest BCUT2D eigenvalue weighted by Crippen LogP contribution is -2.45. The molecule has 1 rings (SSSR count). The third-order valence-corrected chi connectivity index (χ3v) is 1.95. The highest BCUT2D eigenvalue weighted by Crippen LogP contribution is 2.14. The normalized spacial score (nSPS) is 27.5. The molecule has 0 aromatic heterocycles. The van der Waals surface area contributed by atoms with Gasteiger partial charge >= 0.3 is 0 Å². The summed E-state index contributed by atoms with van der Waals surface area (Å²) in [5.41, 5.74) is 2.56. The van der Waals surface area contributed by atoms with E-state index in [1.807, 2.05) is 0 Å². The molecule has 0 aromatic carbocycles. The van der Waals surface area contributed by atoms with Gasteiger partial charge in [-0.25, -0.2) is 5.43 Å². The zero-order chi connectivity index (χ0) is 8.10. The third-order valence-electron chi connectivity index (χ3n) is 1.95. The van der Waals surface area contributed by atoms with Crippen LogP contribution in [0.2, 0.25) is 0 Å². The molecular weight excluding hydrogens is 140 g/mol. The molecule has 3 nitrogen and oxygen atoms in total. The Kier molecular flexibility index (Phi) is 3.37. The molecule has 0 saturated carbocycles. The van der Waals surface area contributed by atoms with Crippen molar-refractivity contribution in [3.63, 3.8) is 0 Å². The molecule has 3 heteroatoms. The zero-order valence-electron chi connectivity index (χ0n) is 6.55. The standard InChI is InChI=1S/C8H14N2O/c1-2-7(10-9)8-5-3-4-6-11-8/h1,7-8,10H,3-6,9H2. The Hall–Kier alpha value is -0.560. The molecule has 1 fully saturated rings. The molecule has 1 saturated heterocycles. The van der Waals surface area contributed by atoms with Gasteiger partial charge in [-0.05, 0) is 19.3 Å². The molecule has 3 N–H and O–H groups in total. The summed E-state index contributed by atoms with van der Waals surface area (Å²) in [6.45, 7) is 0.810. The average molecular weight is 154 g/mol. The van der Waals surface area contributed by atoms with Gasteiger partial charge in [0.15, 0.2) is 0 Å². The minimum absolute atomic E-state index is 0.110. The van der Waals surface area contributed by atoms with Crippen molar-refractivity contribution < 1.29 is 4.74 Å². The van der Waals surface area contributed by atoms with Crippen molar-refractivity contribution in [2.45, 2.75) is 31.4 Å². The van der Waals surface area contributed by atoms with E-state index in [0.29, 0.717) is 0 Å². The maximum Gasteiger partial charge on any atom is 0.108 e. The lowest BCUT2D eigenvalue weighted by atomic mass is 10.0. The van der Waals surface area contributed by atoms with E-state index in [2.05, 4.69) is 11.3 Å². The van der Waals surface area contributed by atoms with Gasteiger partial charge in [0, 0.05) is 6.61 Å². The Morgan fingerprint density at radius 3 is 2.91 bits per heavy atom. The molecule has 0 aromatic rings. The monoisotopic (exact) mass is 154 g/mol. The molecular formula is C8H14N2O. The van der Waals surface area contributed by atoms with Crippen LogP contribution in [0, 0.1) is 12.3 Å². The van der Waals surface area contributed by atoms with Gasteiger partial charge in [0.05, 0.1) is 6.10 Å². The molecule has 1 heterocycles. The molecule has 0 aliphatic carbocycles. The Balaban J connectivity index is 2.38. The fourth-order valence-corrected chi connectivity index (χ4v) is 1.29. The van der Waals surface area contributed by atoms with Crippen LogP contribution in [0.3, 0.4) is 0 Å². The largest absolute Gasteiger partial charge is 0.376 e. The Labute approximate surface area is 67.3 Å². The first kappa shape index (κ1) is 8.54. The van der Waals surface area contributed by atoms with Crippen molar-refractivity contribution in [1.29, 1.82) is 0 Å². The predicted octanol–water partition coefficient (Wildman–Crippen LogP) is 0.0206. The molecule has 0 bridgehead atoms. The van der Waals surface area contributed by atoms with Crippen LogP contribution in [0.25, 0.3) is 0 Å². The van der Waals surface area contributed by atoms with Gasteiger partial charge in [0.1, 0.15) is 6.04 Å². The van der Waals surface area contributed by atoms with Crippen LogP contribution >= 0.6 is 0 Å². The zero-order valence-corrected chi connectivity index (χ0v) is 6.55. The minimum Gasteiger partial charge on any atom is -0.376 e. The van der Waals surface area contributed by atoms with E-state index in [4.69, 9.17) is 17.0 Å². The smallest absolute Gasteiger partial charge is 0.108 e. The van der Waals surface area contributed by atoms with Crippen molar-refractivity contribution in [2.24, 2.45) is 5.84 Å². The van der Waals surface area contributed by atoms with E-state index in [1.54, 1.807) is 0 Å². The lowest BCUT2D eigenvalue weighted by molar-refractivity contribution is 0.00410. The van der Waals surface area contributed by atoms with Gasteiger partial charge in [-0.3, -0.25) is 5.84 Å². The fourth-order valence-electron chi connectivity index (χ4n) is 1.29. The molecule has 2 atom stereocenters. The summed E-state index contributed by atoms with van der Waals surface area (Å²) in [7, 11) is 0. The van der Waals surface area contributed by atoms with E-state index in [1.165, 1.54) is 6.42 Å². The Morgan fingerprint density at radius 1 is 1.64 bits per heavy atom. The summed E-state index contributed by atoms with van der Waals surface area (Å²) in [6.07, 6.45) is 8.69. The Morgan fingerprint density at radius 2 is 2.45 bits per heavy atom. The number of nitrogens with two attached hydrogens (primary N) is 1. The lowest BCUT2D eigenvalue weighted by Gasteiger charge is -2.26. The first-order valence-electron chi connectivity index (χ1n) is 3.92. The molecule has 0 spiro atoms. The summed E-state index contributed by atoms with van der Waals surface area (Å²) >= 11 is 0. The topological polar surface area (TPSA) is 47.3 Å². The average Bonchev–Trinajstić information content (AvgIpc) is 2.09. The van der Waals surface area contributed by atoms with Crippen molar-refractivity contribution in [3.8, 4) is 12.3 Å². The van der Waals surface area contributed by atoms with E-state index in [0.717, 1.165) is 19.4 Å². The predicted molar refractivity (Wildman–Crippen MR) is 43.5 cm³/mol. The quantitative estimate of drug-likeness (QED) is 0.335. The van der Waals surface area contributed by atoms with Gasteiger partial charge in [-0.1, -0.05) is 5.92 Å². The van der Waals surface area contributed by atoms with Crippen LogP contribution in [0.5, 0.6) is 0 Å². The van der Waals surface area contributed by atoms with Crippen LogP contribution in [0.4, 0.5) is 0 Å². The van der Waals surface area contributed by atoms with Crippen molar-refractivity contribution in [2.75, 3.05) is 6.61 Å². The molecule has 0 amide bonds. The third kappa shape index (κ3) is 2.19. The summed E-state index contributed by atoms with van der Waals surface area (Å²) in [6, 6.07) is -0.129. The van der Waals surface area contributed by atoms with E-state index in [-0.39, 0.29) is 12.1 Å². The number of hydrogen-bond acceptors (Lipinski definition) is 3. The minimum atomic E-state index is -0.129. The molecule has 2 unspecified atom stereocenters. The summed E-state index contributed by atoms with van der Waals surface area (Å²) in [5.74, 6) is 7.80. The SMILES string of the molecule is C#CC(NN)C1CCCCO1. The molecule has 62 valence electrons. The van der Waals surface area contributed by atoms with Crippen LogP contribution < -0.4 is 11.3 Å². The number of nitrogens with one attached hydrogen (secondary N) is 1. The van der Waals surface area contributed by atoms with Crippen LogP contribution in [0.15, 0.2) is 0 Å². The maximum absolute atomic E-state index is 5.44. The second-order valence-electron chi connectivity index (χ2n) is 2.72. The second-order valence-corrected chi connectivity index (χ2v) is 2.72. The highest BCUT2D eigenvalue weighted by Gasteiger charge is 2.21. The van der Waals surface area contributed by atoms with Crippen molar-refractivity contribution in [3.05, 3.63) is 0 Å². The van der Waals surface area contributed by atoms with Gasteiger partial charge in [-0.15, -0.1) is 6.42 Å². The number of ether oxygens (including phenoxy) is 1. The second kappa shape index (κ2) is 4.35. The van der Waals surface area contributed by atoms with E-state index < -0.39 is 0 Å². The first-order valence-corrected chi connectivity index (χ1v) is 3.92. The fraction of sp³-hybridized carbons (Fsp3) is 0.750. The molecule has 0 radical (unpaired) electrons. The van der Waals surface area contributed by atoms with E-state index in [9.17, 15) is 0 Å². The Bertz CT molecular complexity index is 147. The summed E-state index contributed by atoms with van der Waals surface area (Å²) < 4.78 is 5.44. The van der Waals surface area contributed by atoms with Gasteiger partial charge in [0.25, 0.3) is 0 Å². The first-order chi connectivity index (χ1) is 5.38. The van der Waals surface area contributed by atoms with Gasteiger partial charge in [-0.2, -0.15) is 0 Å². The number of hydrogen-bond donors (Lipinski definition) is 2. The number of rotatable bonds is 2. The van der Waals surface area contributed by atoms with E-state index >= 15 is 0 Å².